The van der Waals surface area contributed by atoms with Crippen LogP contribution in [-0.2, 0) is 0 Å². The molecule has 5 aromatic carbocycles. The van der Waals surface area contributed by atoms with Crippen molar-refractivity contribution in [3.8, 4) is 33.8 Å². The Morgan fingerprint density at radius 1 is 0.389 bits per heavy atom. The van der Waals surface area contributed by atoms with Crippen LogP contribution in [0.15, 0.2) is 121 Å². The summed E-state index contributed by atoms with van der Waals surface area (Å²) in [4.78, 5) is 26.7. The molecular formula is C32H22O4. The summed E-state index contributed by atoms with van der Waals surface area (Å²) < 4.78 is 0. The maximum atomic E-state index is 13.4. The summed E-state index contributed by atoms with van der Waals surface area (Å²) in [7, 11) is 0. The van der Waals surface area contributed by atoms with Gasteiger partial charge in [-0.3, -0.25) is 9.59 Å². The second-order valence-electron chi connectivity index (χ2n) is 8.45. The van der Waals surface area contributed by atoms with Gasteiger partial charge in [0, 0.05) is 22.3 Å². The number of phenolic OH excluding ortho intramolecular Hbond substituents is 2. The van der Waals surface area contributed by atoms with Gasteiger partial charge in [-0.05, 0) is 46.5 Å². The van der Waals surface area contributed by atoms with E-state index in [-0.39, 0.29) is 23.1 Å². The van der Waals surface area contributed by atoms with E-state index in [0.29, 0.717) is 22.3 Å². The standard InChI is InChI=1S/C32H22O4/c33-27-17-13-23(14-18-27)21-5-9-25(10-6-21)31(35)29-3-1-2-4-30(29)32(36)26-11-7-22(8-12-26)24-15-19-28(34)20-16-24/h1-20,33-34H. The third-order valence-corrected chi connectivity index (χ3v) is 6.11. The minimum Gasteiger partial charge on any atom is -0.508 e. The third kappa shape index (κ3) is 4.65. The number of carbonyl (C=O) groups excluding carboxylic acids is 2. The van der Waals surface area contributed by atoms with E-state index in [4.69, 9.17) is 0 Å². The normalized spacial score (nSPS) is 10.7. The largest absolute Gasteiger partial charge is 0.508 e. The number of rotatable bonds is 6. The molecule has 0 spiro atoms. The Morgan fingerprint density at radius 2 is 0.667 bits per heavy atom. The molecule has 0 saturated heterocycles. The van der Waals surface area contributed by atoms with Crippen LogP contribution in [0, 0.1) is 0 Å². The van der Waals surface area contributed by atoms with Gasteiger partial charge in [0.2, 0.25) is 0 Å². The number of phenols is 2. The summed E-state index contributed by atoms with van der Waals surface area (Å²) in [5, 5.41) is 19.0. The minimum absolute atomic E-state index is 0.196. The Hall–Kier alpha value is -4.96. The molecule has 0 atom stereocenters. The molecule has 0 heterocycles. The molecule has 36 heavy (non-hydrogen) atoms. The molecule has 0 aliphatic carbocycles. The molecule has 0 bridgehead atoms. The molecule has 0 fully saturated rings. The van der Waals surface area contributed by atoms with E-state index in [2.05, 4.69) is 0 Å². The van der Waals surface area contributed by atoms with E-state index >= 15 is 0 Å². The Labute approximate surface area is 208 Å². The Kier molecular flexibility index (Phi) is 6.16. The molecule has 5 aromatic rings. The first-order chi connectivity index (χ1) is 17.5. The number of ketones is 2. The smallest absolute Gasteiger partial charge is 0.193 e. The van der Waals surface area contributed by atoms with Crippen molar-refractivity contribution in [1.82, 2.24) is 0 Å². The summed E-state index contributed by atoms with van der Waals surface area (Å²) in [6.07, 6.45) is 0. The number of aromatic hydroxyl groups is 2. The van der Waals surface area contributed by atoms with E-state index < -0.39 is 0 Å². The quantitative estimate of drug-likeness (QED) is 0.265. The second kappa shape index (κ2) is 9.72. The molecule has 174 valence electrons. The van der Waals surface area contributed by atoms with Crippen LogP contribution in [0.3, 0.4) is 0 Å². The molecule has 0 saturated carbocycles. The van der Waals surface area contributed by atoms with Crippen molar-refractivity contribution in [3.05, 3.63) is 144 Å². The zero-order valence-corrected chi connectivity index (χ0v) is 19.3. The molecule has 2 N–H and O–H groups in total. The first-order valence-corrected chi connectivity index (χ1v) is 11.5. The van der Waals surface area contributed by atoms with Crippen LogP contribution in [0.2, 0.25) is 0 Å². The van der Waals surface area contributed by atoms with Crippen LogP contribution in [0.4, 0.5) is 0 Å². The average molecular weight is 471 g/mol. The zero-order valence-electron chi connectivity index (χ0n) is 19.3. The van der Waals surface area contributed by atoms with Crippen LogP contribution >= 0.6 is 0 Å². The first kappa shape index (κ1) is 22.8. The van der Waals surface area contributed by atoms with Crippen LogP contribution in [0.5, 0.6) is 11.5 Å². The van der Waals surface area contributed by atoms with E-state index in [1.54, 1.807) is 72.8 Å². The summed E-state index contributed by atoms with van der Waals surface area (Å²) in [6.45, 7) is 0. The van der Waals surface area contributed by atoms with Crippen LogP contribution < -0.4 is 0 Å². The fraction of sp³-hybridized carbons (Fsp3) is 0. The van der Waals surface area contributed by atoms with Gasteiger partial charge in [-0.2, -0.15) is 0 Å². The molecule has 0 aromatic heterocycles. The lowest BCUT2D eigenvalue weighted by molar-refractivity contribution is 0.100. The van der Waals surface area contributed by atoms with Crippen molar-refractivity contribution in [2.24, 2.45) is 0 Å². The van der Waals surface area contributed by atoms with Gasteiger partial charge >= 0.3 is 0 Å². The fourth-order valence-electron chi connectivity index (χ4n) is 4.13. The number of benzene rings is 5. The third-order valence-electron chi connectivity index (χ3n) is 6.11. The van der Waals surface area contributed by atoms with Crippen LogP contribution in [0.25, 0.3) is 22.3 Å². The molecular weight excluding hydrogens is 448 g/mol. The lowest BCUT2D eigenvalue weighted by atomic mass is 9.92. The highest BCUT2D eigenvalue weighted by molar-refractivity contribution is 6.19. The average Bonchev–Trinajstić information content (AvgIpc) is 2.93. The van der Waals surface area contributed by atoms with Crippen LogP contribution in [0.1, 0.15) is 31.8 Å². The molecule has 0 amide bonds. The molecule has 4 heteroatoms. The maximum Gasteiger partial charge on any atom is 0.193 e. The lowest BCUT2D eigenvalue weighted by Gasteiger charge is -2.10. The van der Waals surface area contributed by atoms with Gasteiger partial charge in [-0.25, -0.2) is 0 Å². The number of hydrogen-bond acceptors (Lipinski definition) is 4. The van der Waals surface area contributed by atoms with Crippen molar-refractivity contribution in [1.29, 1.82) is 0 Å². The summed E-state index contributed by atoms with van der Waals surface area (Å²) in [5.41, 5.74) is 5.37. The monoisotopic (exact) mass is 470 g/mol. The van der Waals surface area contributed by atoms with Gasteiger partial charge in [0.25, 0.3) is 0 Å². The van der Waals surface area contributed by atoms with Gasteiger partial charge in [-0.15, -0.1) is 0 Å². The van der Waals surface area contributed by atoms with Crippen molar-refractivity contribution in [2.45, 2.75) is 0 Å². The van der Waals surface area contributed by atoms with E-state index in [1.807, 2.05) is 48.5 Å². The lowest BCUT2D eigenvalue weighted by Crippen LogP contribution is -2.11. The molecule has 4 nitrogen and oxygen atoms in total. The second-order valence-corrected chi connectivity index (χ2v) is 8.45. The highest BCUT2D eigenvalue weighted by atomic mass is 16.3. The summed E-state index contributed by atoms with van der Waals surface area (Å²) in [5.74, 6) is -0.0579. The van der Waals surface area contributed by atoms with E-state index in [0.717, 1.165) is 22.3 Å². The number of carbonyl (C=O) groups is 2. The predicted molar refractivity (Wildman–Crippen MR) is 140 cm³/mol. The Morgan fingerprint density at radius 3 is 0.972 bits per heavy atom. The highest BCUT2D eigenvalue weighted by Gasteiger charge is 2.19. The molecule has 0 unspecified atom stereocenters. The van der Waals surface area contributed by atoms with Crippen molar-refractivity contribution >= 4 is 11.6 Å². The molecule has 0 aliphatic rings. The van der Waals surface area contributed by atoms with E-state index in [9.17, 15) is 19.8 Å². The first-order valence-electron chi connectivity index (χ1n) is 11.5. The van der Waals surface area contributed by atoms with Gasteiger partial charge in [0.15, 0.2) is 11.6 Å². The Bertz CT molecular complexity index is 1410. The minimum atomic E-state index is -0.225. The Balaban J connectivity index is 1.40. The maximum absolute atomic E-state index is 13.4. The van der Waals surface area contributed by atoms with Gasteiger partial charge in [-0.1, -0.05) is 97.1 Å². The zero-order chi connectivity index (χ0) is 25.1. The van der Waals surface area contributed by atoms with E-state index in [1.165, 1.54) is 0 Å². The highest BCUT2D eigenvalue weighted by Crippen LogP contribution is 2.26. The van der Waals surface area contributed by atoms with Gasteiger partial charge in [0.1, 0.15) is 11.5 Å². The molecule has 0 aliphatic heterocycles. The van der Waals surface area contributed by atoms with Crippen LogP contribution in [-0.4, -0.2) is 21.8 Å². The van der Waals surface area contributed by atoms with Crippen molar-refractivity contribution < 1.29 is 19.8 Å². The van der Waals surface area contributed by atoms with Gasteiger partial charge < -0.3 is 10.2 Å². The van der Waals surface area contributed by atoms with Gasteiger partial charge in [0.05, 0.1) is 0 Å². The molecule has 5 rings (SSSR count). The fourth-order valence-corrected chi connectivity index (χ4v) is 4.13. The predicted octanol–water partition coefficient (Wildman–Crippen LogP) is 6.89. The topological polar surface area (TPSA) is 74.6 Å². The summed E-state index contributed by atoms with van der Waals surface area (Å²) >= 11 is 0. The van der Waals surface area contributed by atoms with Crippen molar-refractivity contribution in [2.75, 3.05) is 0 Å². The van der Waals surface area contributed by atoms with Crippen molar-refractivity contribution in [3.63, 3.8) is 0 Å². The molecule has 0 radical (unpaired) electrons. The SMILES string of the molecule is O=C(c1ccc(-c2ccc(O)cc2)cc1)c1ccccc1C(=O)c1ccc(-c2ccc(O)cc2)cc1. The number of hydrogen-bond donors (Lipinski definition) is 2. The summed E-state index contributed by atoms with van der Waals surface area (Å²) in [6, 6.07) is 35.0.